The molecule has 3 heteroatoms. The van der Waals surface area contributed by atoms with E-state index >= 15 is 0 Å². The molecule has 0 aromatic heterocycles. The molecule has 0 heterocycles. The number of benzene rings is 4. The van der Waals surface area contributed by atoms with Crippen LogP contribution in [0.15, 0.2) is 110 Å². The molecule has 0 aliphatic carbocycles. The van der Waals surface area contributed by atoms with E-state index in [1.165, 1.54) is 22.3 Å². The van der Waals surface area contributed by atoms with Gasteiger partial charge in [0.25, 0.3) is 0 Å². The summed E-state index contributed by atoms with van der Waals surface area (Å²) in [5, 5.41) is 0. The second kappa shape index (κ2) is 16.4. The maximum Gasteiger partial charge on any atom is 0.185 e. The fraction of sp³-hybridized carbons (Fsp3) is 0.261. The molecule has 0 aliphatic rings. The quantitative estimate of drug-likeness (QED) is 0.0920. The Morgan fingerprint density at radius 3 is 1.37 bits per heavy atom. The zero-order valence-corrected chi connectivity index (χ0v) is 31.0. The van der Waals surface area contributed by atoms with E-state index in [9.17, 15) is 9.59 Å². The van der Waals surface area contributed by atoms with Crippen LogP contribution in [0.25, 0.3) is 12.2 Å². The van der Waals surface area contributed by atoms with Crippen LogP contribution >= 0.6 is 0 Å². The van der Waals surface area contributed by atoms with Crippen LogP contribution in [-0.4, -0.2) is 18.7 Å². The Balaban J connectivity index is 0.000000266. The lowest BCUT2D eigenvalue weighted by Crippen LogP contribution is -2.15. The van der Waals surface area contributed by atoms with Crippen molar-refractivity contribution in [2.45, 2.75) is 73.1 Å². The summed E-state index contributed by atoms with van der Waals surface area (Å²) in [5.74, 6) is 0.765. The fourth-order valence-electron chi connectivity index (χ4n) is 5.62. The predicted octanol–water partition coefficient (Wildman–Crippen LogP) is 11.6. The third-order valence-electron chi connectivity index (χ3n) is 9.10. The van der Waals surface area contributed by atoms with Gasteiger partial charge in [0.05, 0.1) is 7.11 Å². The van der Waals surface area contributed by atoms with Gasteiger partial charge in [-0.2, -0.15) is 0 Å². The van der Waals surface area contributed by atoms with Gasteiger partial charge in [0.2, 0.25) is 0 Å². The van der Waals surface area contributed by atoms with Crippen LogP contribution in [0.1, 0.15) is 98.5 Å². The molecule has 0 fully saturated rings. The number of ether oxygens (including phenoxy) is 1. The molecule has 0 saturated heterocycles. The zero-order chi connectivity index (χ0) is 36.5. The minimum atomic E-state index is -0.153. The molecule has 49 heavy (non-hydrogen) atoms. The van der Waals surface area contributed by atoms with Crippen molar-refractivity contribution in [2.24, 2.45) is 0 Å². The van der Waals surface area contributed by atoms with Crippen LogP contribution in [0.2, 0.25) is 0 Å². The summed E-state index contributed by atoms with van der Waals surface area (Å²) in [6, 6.07) is 23.7. The van der Waals surface area contributed by atoms with Crippen LogP contribution < -0.4 is 4.74 Å². The van der Waals surface area contributed by atoms with E-state index in [1.54, 1.807) is 19.3 Å². The van der Waals surface area contributed by atoms with Crippen LogP contribution in [0.3, 0.4) is 0 Å². The Hall–Kier alpha value is -5.02. The highest BCUT2D eigenvalue weighted by Crippen LogP contribution is 2.33. The summed E-state index contributed by atoms with van der Waals surface area (Å²) in [5.41, 5.74) is 11.4. The SMILES string of the molecule is C=CC(C)(C)c1cc(/C=C/C(=O)c2ccc(C)cc2)c(C)cc1C.C=CC(C)(C)c1cc(/C=C/C(=O)c2ccc(C)cc2)c(OC)cc1C. The topological polar surface area (TPSA) is 43.4 Å². The number of carbonyl (C=O) groups excluding carboxylic acids is 2. The van der Waals surface area contributed by atoms with Gasteiger partial charge in [-0.15, -0.1) is 13.2 Å². The van der Waals surface area contributed by atoms with Crippen molar-refractivity contribution in [3.8, 4) is 5.75 Å². The number of ketones is 2. The van der Waals surface area contributed by atoms with Gasteiger partial charge in [0.1, 0.15) is 5.75 Å². The van der Waals surface area contributed by atoms with Crippen molar-refractivity contribution in [3.05, 3.63) is 171 Å². The van der Waals surface area contributed by atoms with Crippen molar-refractivity contribution < 1.29 is 14.3 Å². The third-order valence-corrected chi connectivity index (χ3v) is 9.10. The number of hydrogen-bond donors (Lipinski definition) is 0. The van der Waals surface area contributed by atoms with E-state index in [4.69, 9.17) is 4.74 Å². The minimum absolute atomic E-state index is 0.0211. The van der Waals surface area contributed by atoms with Crippen LogP contribution in [0.5, 0.6) is 5.75 Å². The highest BCUT2D eigenvalue weighted by atomic mass is 16.5. The second-order valence-corrected chi connectivity index (χ2v) is 13.9. The highest BCUT2D eigenvalue weighted by Gasteiger charge is 2.21. The van der Waals surface area contributed by atoms with Crippen molar-refractivity contribution >= 4 is 23.7 Å². The van der Waals surface area contributed by atoms with E-state index in [0.717, 1.165) is 33.6 Å². The Bertz CT molecular complexity index is 1880. The molecule has 0 amide bonds. The molecule has 254 valence electrons. The van der Waals surface area contributed by atoms with Gasteiger partial charge in [0, 0.05) is 27.5 Å². The van der Waals surface area contributed by atoms with Crippen molar-refractivity contribution in [3.63, 3.8) is 0 Å². The van der Waals surface area contributed by atoms with E-state index in [-0.39, 0.29) is 22.4 Å². The third kappa shape index (κ3) is 9.99. The number of aryl methyl sites for hydroxylation is 5. The molecular weight excluding hydrogens is 601 g/mol. The average molecular weight is 653 g/mol. The number of hydrogen-bond acceptors (Lipinski definition) is 3. The molecule has 0 spiro atoms. The highest BCUT2D eigenvalue weighted by molar-refractivity contribution is 6.07. The first-order valence-electron chi connectivity index (χ1n) is 16.7. The smallest absolute Gasteiger partial charge is 0.185 e. The number of carbonyl (C=O) groups is 2. The first-order chi connectivity index (χ1) is 23.0. The molecule has 4 rings (SSSR count). The monoisotopic (exact) mass is 652 g/mol. The first-order valence-corrected chi connectivity index (χ1v) is 16.7. The van der Waals surface area contributed by atoms with Gasteiger partial charge in [-0.05, 0) is 98.4 Å². The molecular formula is C46H52O3. The van der Waals surface area contributed by atoms with Gasteiger partial charge in [-0.3, -0.25) is 9.59 Å². The lowest BCUT2D eigenvalue weighted by molar-refractivity contribution is 0.103. The van der Waals surface area contributed by atoms with E-state index < -0.39 is 0 Å². The largest absolute Gasteiger partial charge is 0.496 e. The number of rotatable bonds is 11. The molecule has 0 unspecified atom stereocenters. The van der Waals surface area contributed by atoms with Crippen LogP contribution in [0, 0.1) is 34.6 Å². The predicted molar refractivity (Wildman–Crippen MR) is 209 cm³/mol. The van der Waals surface area contributed by atoms with E-state index in [1.807, 2.05) is 92.7 Å². The van der Waals surface area contributed by atoms with Crippen molar-refractivity contribution in [1.82, 2.24) is 0 Å². The molecule has 0 radical (unpaired) electrons. The molecule has 0 bridgehead atoms. The molecule has 4 aromatic rings. The number of allylic oxidation sites excluding steroid dienone is 4. The number of methoxy groups -OCH3 is 1. The Kier molecular flexibility index (Phi) is 12.9. The summed E-state index contributed by atoms with van der Waals surface area (Å²) in [7, 11) is 1.65. The van der Waals surface area contributed by atoms with E-state index in [0.29, 0.717) is 11.1 Å². The maximum atomic E-state index is 12.4. The second-order valence-electron chi connectivity index (χ2n) is 13.9. The van der Waals surface area contributed by atoms with Gasteiger partial charge >= 0.3 is 0 Å². The van der Waals surface area contributed by atoms with Gasteiger partial charge in [-0.25, -0.2) is 0 Å². The normalized spacial score (nSPS) is 11.6. The summed E-state index contributed by atoms with van der Waals surface area (Å²) in [6.07, 6.45) is 10.9. The Morgan fingerprint density at radius 2 is 0.959 bits per heavy atom. The molecule has 0 aliphatic heterocycles. The Morgan fingerprint density at radius 1 is 0.571 bits per heavy atom. The average Bonchev–Trinajstić information content (AvgIpc) is 3.07. The van der Waals surface area contributed by atoms with Gasteiger partial charge < -0.3 is 4.74 Å². The van der Waals surface area contributed by atoms with Crippen molar-refractivity contribution in [1.29, 1.82) is 0 Å². The van der Waals surface area contributed by atoms with Gasteiger partial charge in [0.15, 0.2) is 11.6 Å². The zero-order valence-electron chi connectivity index (χ0n) is 31.0. The lowest BCUT2D eigenvalue weighted by Gasteiger charge is -2.24. The van der Waals surface area contributed by atoms with Crippen LogP contribution in [0.4, 0.5) is 0 Å². The summed E-state index contributed by atoms with van der Waals surface area (Å²) < 4.78 is 5.49. The summed E-state index contributed by atoms with van der Waals surface area (Å²) in [6.45, 7) is 26.7. The van der Waals surface area contributed by atoms with E-state index in [2.05, 4.69) is 79.8 Å². The molecule has 3 nitrogen and oxygen atoms in total. The Labute approximate surface area is 294 Å². The van der Waals surface area contributed by atoms with Gasteiger partial charge in [-0.1, -0.05) is 118 Å². The molecule has 0 N–H and O–H groups in total. The fourth-order valence-corrected chi connectivity index (χ4v) is 5.62. The summed E-state index contributed by atoms with van der Waals surface area (Å²) >= 11 is 0. The van der Waals surface area contributed by atoms with Crippen molar-refractivity contribution in [2.75, 3.05) is 7.11 Å². The molecule has 0 saturated carbocycles. The van der Waals surface area contributed by atoms with Crippen LogP contribution in [-0.2, 0) is 10.8 Å². The lowest BCUT2D eigenvalue weighted by atomic mass is 9.80. The standard InChI is InChI=1S/C23H26O2.C23H26O/c1-7-23(4,5)20-15-19(22(25-6)14-17(20)3)12-13-21(24)18-10-8-16(2)9-11-18;1-7-23(5,6)21-15-20(17(3)14-18(21)4)12-13-22(24)19-10-8-16(2)9-11-19/h7-15H,1H2,2-6H3;7-15H,1H2,2-6H3/b2*13-12+. The molecule has 0 atom stereocenters. The first kappa shape index (κ1) is 38.4. The summed E-state index contributed by atoms with van der Waals surface area (Å²) in [4.78, 5) is 24.7. The minimum Gasteiger partial charge on any atom is -0.496 e. The molecule has 4 aromatic carbocycles. The maximum absolute atomic E-state index is 12.4.